The molecule has 2 aromatic heterocycles. The van der Waals surface area contributed by atoms with E-state index in [1.54, 1.807) is 45.3 Å². The minimum atomic E-state index is -0.165. The van der Waals surface area contributed by atoms with Crippen LogP contribution in [0.3, 0.4) is 0 Å². The molecule has 2 amide bonds. The standard InChI is InChI=1S/C26H28N4O5.2C13H14N2O3/c1-34-21-5-6-22-23(13-21)29(26(33)14-28-22)9-3-2-8-27-18-12-25(32)30(15-18)19-4-7-24-17(10-19)11-20(31)16-35-24;14-9-5-13(17)15(6-9)10-1-2-12-8(3-10)4-11(16)7-18-12;1-18-10-4-5-11-12(8-10)15(6-2-3-7-16)13(17)9-14-11/h4-7,10,13-14,18,27H,2-3,8-9,11-12,15-16H2,1H3;1-3,9H,4-7,14H2;4-5,7-9H,2-3,6H2,1H3. The number of ether oxygens (including phenoxy) is 4. The molecule has 0 radical (unpaired) electrons. The molecule has 4 aromatic carbocycles. The number of aldehydes is 1. The van der Waals surface area contributed by atoms with Gasteiger partial charge < -0.3 is 53.7 Å². The van der Waals surface area contributed by atoms with Crippen molar-refractivity contribution in [2.45, 2.75) is 76.5 Å². The number of amides is 2. The lowest BCUT2D eigenvalue weighted by atomic mass is 10.0. The first kappa shape index (κ1) is 49.6. The zero-order chi connectivity index (χ0) is 50.0. The maximum absolute atomic E-state index is 12.6. The second kappa shape index (κ2) is 22.8. The zero-order valence-corrected chi connectivity index (χ0v) is 39.7. The zero-order valence-electron chi connectivity index (χ0n) is 39.7. The van der Waals surface area contributed by atoms with Crippen LogP contribution in [0.1, 0.15) is 49.7 Å². The number of fused-ring (bicyclic) bond motifs is 4. The van der Waals surface area contributed by atoms with Gasteiger partial charge in [-0.05, 0) is 86.5 Å². The highest BCUT2D eigenvalue weighted by atomic mass is 16.5. The molecule has 2 fully saturated rings. The molecule has 71 heavy (non-hydrogen) atoms. The second-order valence-electron chi connectivity index (χ2n) is 17.6. The van der Waals surface area contributed by atoms with Gasteiger partial charge in [-0.25, -0.2) is 9.97 Å². The summed E-state index contributed by atoms with van der Waals surface area (Å²) in [6.07, 6.45) is 7.80. The number of carbonyl (C=O) groups is 5. The summed E-state index contributed by atoms with van der Waals surface area (Å²) in [4.78, 5) is 93.7. The van der Waals surface area contributed by atoms with Gasteiger partial charge in [0.05, 0.1) is 48.7 Å². The third-order valence-corrected chi connectivity index (χ3v) is 12.6. The third kappa shape index (κ3) is 12.0. The van der Waals surface area contributed by atoms with Crippen molar-refractivity contribution in [3.8, 4) is 23.0 Å². The van der Waals surface area contributed by atoms with Crippen LogP contribution >= 0.6 is 0 Å². The van der Waals surface area contributed by atoms with Gasteiger partial charge in [0, 0.05) is 105 Å². The molecular weight excluding hydrogens is 913 g/mol. The Kier molecular flexibility index (Phi) is 15.9. The molecule has 0 bridgehead atoms. The number of anilines is 2. The van der Waals surface area contributed by atoms with Crippen LogP contribution in [0.4, 0.5) is 11.4 Å². The summed E-state index contributed by atoms with van der Waals surface area (Å²) in [7, 11) is 3.17. The number of Topliss-reactive ketones (excluding diaryl/α,β-unsaturated/α-hetero) is 2. The minimum Gasteiger partial charge on any atom is -0.497 e. The number of unbranched alkanes of at least 4 members (excludes halogenated alkanes) is 2. The number of carbonyl (C=O) groups excluding carboxylic acids is 5. The topological polar surface area (TPSA) is 237 Å². The predicted octanol–water partition coefficient (Wildman–Crippen LogP) is 3.72. The van der Waals surface area contributed by atoms with Gasteiger partial charge in [0.25, 0.3) is 11.1 Å². The van der Waals surface area contributed by atoms with Crippen molar-refractivity contribution >= 4 is 63.1 Å². The lowest BCUT2D eigenvalue weighted by molar-refractivity contribution is -0.122. The minimum absolute atomic E-state index is 0.0329. The first-order valence-electron chi connectivity index (χ1n) is 23.6. The van der Waals surface area contributed by atoms with E-state index in [0.717, 1.165) is 76.0 Å². The van der Waals surface area contributed by atoms with E-state index in [4.69, 9.17) is 24.7 Å². The summed E-state index contributed by atoms with van der Waals surface area (Å²) in [5.41, 5.74) is 11.7. The maximum atomic E-state index is 12.6. The Morgan fingerprint density at radius 3 is 1.69 bits per heavy atom. The lowest BCUT2D eigenvalue weighted by Gasteiger charge is -2.21. The normalized spacial score (nSPS) is 17.1. The molecule has 4 aliphatic heterocycles. The average Bonchev–Trinajstić information content (AvgIpc) is 3.93. The van der Waals surface area contributed by atoms with E-state index in [-0.39, 0.29) is 59.8 Å². The number of nitrogens with zero attached hydrogens (tertiary/aromatic N) is 6. The van der Waals surface area contributed by atoms with Crippen LogP contribution in [0.25, 0.3) is 22.1 Å². The van der Waals surface area contributed by atoms with E-state index >= 15 is 0 Å². The highest BCUT2D eigenvalue weighted by molar-refractivity contribution is 5.97. The number of methoxy groups -OCH3 is 2. The maximum Gasteiger partial charge on any atom is 0.269 e. The molecule has 2 saturated heterocycles. The fourth-order valence-electron chi connectivity index (χ4n) is 8.98. The molecule has 19 nitrogen and oxygen atoms in total. The van der Waals surface area contributed by atoms with Crippen LogP contribution in [-0.2, 0) is 49.9 Å². The Morgan fingerprint density at radius 2 is 1.18 bits per heavy atom. The number of nitrogens with one attached hydrogen (secondary N) is 1. The van der Waals surface area contributed by atoms with Gasteiger partial charge >= 0.3 is 0 Å². The van der Waals surface area contributed by atoms with E-state index in [1.807, 2.05) is 60.7 Å². The summed E-state index contributed by atoms with van der Waals surface area (Å²) in [6, 6.07) is 22.0. The molecule has 0 aliphatic carbocycles. The summed E-state index contributed by atoms with van der Waals surface area (Å²) in [5, 5.41) is 3.48. The van der Waals surface area contributed by atoms with Crippen LogP contribution in [0, 0.1) is 0 Å². The Hall–Kier alpha value is -7.77. The van der Waals surface area contributed by atoms with E-state index in [9.17, 15) is 33.6 Å². The Balaban J connectivity index is 0.000000158. The summed E-state index contributed by atoms with van der Waals surface area (Å²) >= 11 is 0. The van der Waals surface area contributed by atoms with Crippen LogP contribution in [-0.4, -0.2) is 108 Å². The molecule has 0 saturated carbocycles. The number of nitrogens with two attached hydrogens (primary N) is 1. The van der Waals surface area contributed by atoms with Gasteiger partial charge in [0.2, 0.25) is 11.8 Å². The lowest BCUT2D eigenvalue weighted by Crippen LogP contribution is -2.33. The first-order chi connectivity index (χ1) is 34.4. The summed E-state index contributed by atoms with van der Waals surface area (Å²) < 4.78 is 24.6. The fourth-order valence-corrected chi connectivity index (χ4v) is 8.98. The van der Waals surface area contributed by atoms with Crippen LogP contribution in [0.15, 0.2) is 94.8 Å². The number of aryl methyl sites for hydroxylation is 2. The van der Waals surface area contributed by atoms with Crippen molar-refractivity contribution in [1.29, 1.82) is 0 Å². The smallest absolute Gasteiger partial charge is 0.269 e. The van der Waals surface area contributed by atoms with Gasteiger partial charge in [0.1, 0.15) is 42.5 Å². The largest absolute Gasteiger partial charge is 0.497 e. The molecule has 370 valence electrons. The van der Waals surface area contributed by atoms with Crippen molar-refractivity contribution < 1.29 is 42.9 Å². The average molecular weight is 969 g/mol. The Labute approximate surface area is 408 Å². The Bertz CT molecular complexity index is 3100. The SMILES string of the molecule is COc1ccc2ncc(=O)n(CCCC=O)c2c1.COc1ccc2ncc(=O)n(CCCCNC3CC(=O)N(c4ccc5c(c4)CC(=O)CO5)C3)c2c1.NC1CC(=O)N(c2ccc3c(c2)CC(=O)CO3)C1. The van der Waals surface area contributed by atoms with Gasteiger partial charge in [-0.15, -0.1) is 0 Å². The quantitative estimate of drug-likeness (QED) is 0.117. The number of hydrogen-bond acceptors (Lipinski definition) is 15. The molecule has 10 rings (SSSR count). The van der Waals surface area contributed by atoms with E-state index in [2.05, 4.69) is 15.3 Å². The molecule has 3 N–H and O–H groups in total. The third-order valence-electron chi connectivity index (χ3n) is 12.6. The molecule has 2 unspecified atom stereocenters. The molecule has 6 aromatic rings. The van der Waals surface area contributed by atoms with E-state index in [0.29, 0.717) is 82.0 Å². The Morgan fingerprint density at radius 1 is 0.662 bits per heavy atom. The molecule has 2 atom stereocenters. The highest BCUT2D eigenvalue weighted by Gasteiger charge is 2.32. The molecule has 0 spiro atoms. The van der Waals surface area contributed by atoms with Crippen molar-refractivity contribution in [2.75, 3.05) is 56.9 Å². The number of hydrogen-bond donors (Lipinski definition) is 2. The first-order valence-corrected chi connectivity index (χ1v) is 23.6. The van der Waals surface area contributed by atoms with Gasteiger partial charge in [-0.3, -0.25) is 28.8 Å². The number of benzene rings is 4. The van der Waals surface area contributed by atoms with Crippen molar-refractivity contribution in [1.82, 2.24) is 24.4 Å². The van der Waals surface area contributed by atoms with Crippen molar-refractivity contribution in [3.63, 3.8) is 0 Å². The van der Waals surface area contributed by atoms with Gasteiger partial charge in [-0.1, -0.05) is 0 Å². The van der Waals surface area contributed by atoms with Gasteiger partial charge in [0.15, 0.2) is 11.6 Å². The second-order valence-corrected chi connectivity index (χ2v) is 17.6. The van der Waals surface area contributed by atoms with E-state index < -0.39 is 0 Å². The molecule has 4 aliphatic rings. The summed E-state index contributed by atoms with van der Waals surface area (Å²) in [5.74, 6) is 3.02. The summed E-state index contributed by atoms with van der Waals surface area (Å²) in [6.45, 7) is 3.20. The number of aromatic nitrogens is 4. The molecule has 19 heteroatoms. The predicted molar refractivity (Wildman–Crippen MR) is 265 cm³/mol. The molecular formula is C52H56N8O11. The fraction of sp³-hybridized carbons (Fsp3) is 0.365. The van der Waals surface area contributed by atoms with Crippen LogP contribution in [0.5, 0.6) is 23.0 Å². The van der Waals surface area contributed by atoms with Gasteiger partial charge in [-0.2, -0.15) is 0 Å². The monoisotopic (exact) mass is 968 g/mol. The van der Waals surface area contributed by atoms with Crippen molar-refractivity contribution in [2.24, 2.45) is 5.73 Å². The van der Waals surface area contributed by atoms with Crippen LogP contribution in [0.2, 0.25) is 0 Å². The molecule has 6 heterocycles. The number of rotatable bonds is 14. The van der Waals surface area contributed by atoms with E-state index in [1.165, 1.54) is 12.4 Å². The van der Waals surface area contributed by atoms with Crippen LogP contribution < -0.4 is 50.9 Å². The number of ketones is 2. The highest BCUT2D eigenvalue weighted by Crippen LogP contribution is 2.32. The van der Waals surface area contributed by atoms with Crippen molar-refractivity contribution in [3.05, 3.63) is 117 Å².